The van der Waals surface area contributed by atoms with Crippen molar-refractivity contribution >= 4 is 16.9 Å². The molecule has 0 radical (unpaired) electrons. The fraction of sp³-hybridized carbons (Fsp3) is 0.727. The van der Waals surface area contributed by atoms with Crippen LogP contribution >= 0.6 is 11.8 Å². The van der Waals surface area contributed by atoms with Gasteiger partial charge in [0.15, 0.2) is 5.17 Å². The van der Waals surface area contributed by atoms with Crippen molar-refractivity contribution in [3.05, 3.63) is 11.8 Å². The van der Waals surface area contributed by atoms with Gasteiger partial charge in [-0.1, -0.05) is 11.8 Å². The molecule has 0 amide bonds. The summed E-state index contributed by atoms with van der Waals surface area (Å²) in [6.45, 7) is 2.41. The van der Waals surface area contributed by atoms with Gasteiger partial charge < -0.3 is 15.2 Å². The third-order valence-electron chi connectivity index (χ3n) is 2.23. The Balaban J connectivity index is 1.95. The molecule has 0 aliphatic carbocycles. The van der Waals surface area contributed by atoms with Gasteiger partial charge in [-0.25, -0.2) is 4.99 Å². The van der Waals surface area contributed by atoms with Crippen LogP contribution in [0.3, 0.4) is 0 Å². The lowest BCUT2D eigenvalue weighted by atomic mass is 10.2. The lowest BCUT2D eigenvalue weighted by Crippen LogP contribution is -2.11. The minimum Gasteiger partial charge on any atom is -0.385 e. The largest absolute Gasteiger partial charge is 0.385 e. The summed E-state index contributed by atoms with van der Waals surface area (Å²) in [6, 6.07) is 0. The second-order valence-electron chi connectivity index (χ2n) is 3.61. The molecular weight excluding hydrogens is 224 g/mol. The molecule has 4 nitrogen and oxygen atoms in total. The van der Waals surface area contributed by atoms with Crippen molar-refractivity contribution in [2.45, 2.75) is 19.3 Å². The van der Waals surface area contributed by atoms with Crippen LogP contribution in [0, 0.1) is 0 Å². The predicted molar refractivity (Wildman–Crippen MR) is 68.7 cm³/mol. The zero-order chi connectivity index (χ0) is 11.6. The molecule has 1 aliphatic rings. The van der Waals surface area contributed by atoms with E-state index >= 15 is 0 Å². The monoisotopic (exact) mass is 244 g/mol. The molecule has 0 spiro atoms. The summed E-state index contributed by atoms with van der Waals surface area (Å²) in [6.07, 6.45) is 4.94. The van der Waals surface area contributed by atoms with Gasteiger partial charge in [-0.3, -0.25) is 0 Å². The molecule has 1 aliphatic heterocycles. The summed E-state index contributed by atoms with van der Waals surface area (Å²) >= 11 is 1.59. The summed E-state index contributed by atoms with van der Waals surface area (Å²) in [7, 11) is 1.72. The predicted octanol–water partition coefficient (Wildman–Crippen LogP) is 1.77. The fourth-order valence-corrected chi connectivity index (χ4v) is 1.97. The van der Waals surface area contributed by atoms with Crippen LogP contribution in [0.4, 0.5) is 0 Å². The Hall–Kier alpha value is -0.520. The number of methoxy groups -OCH3 is 1. The molecule has 0 saturated heterocycles. The van der Waals surface area contributed by atoms with Gasteiger partial charge in [0.2, 0.25) is 0 Å². The first-order chi connectivity index (χ1) is 7.83. The van der Waals surface area contributed by atoms with E-state index in [0.717, 1.165) is 44.8 Å². The second-order valence-corrected chi connectivity index (χ2v) is 4.60. The standard InChI is InChI=1S/C11H20N2O2S/c1-14-5-2-3-6-15-7-4-10-8-13-11(12)16-9-10/h8H,2-7,9H2,1H3,(H2,12,13). The van der Waals surface area contributed by atoms with Crippen LogP contribution in [0.25, 0.3) is 0 Å². The molecule has 0 aromatic heterocycles. The Morgan fingerprint density at radius 2 is 2.19 bits per heavy atom. The van der Waals surface area contributed by atoms with E-state index in [0.29, 0.717) is 5.17 Å². The van der Waals surface area contributed by atoms with E-state index < -0.39 is 0 Å². The van der Waals surface area contributed by atoms with Crippen LogP contribution in [0.2, 0.25) is 0 Å². The van der Waals surface area contributed by atoms with Crippen molar-refractivity contribution in [2.75, 3.05) is 32.7 Å². The summed E-state index contributed by atoms with van der Waals surface area (Å²) in [5.74, 6) is 0.947. The quantitative estimate of drug-likeness (QED) is 0.661. The summed E-state index contributed by atoms with van der Waals surface area (Å²) in [5.41, 5.74) is 6.85. The first kappa shape index (κ1) is 13.5. The average Bonchev–Trinajstić information content (AvgIpc) is 2.30. The van der Waals surface area contributed by atoms with E-state index in [2.05, 4.69) is 4.99 Å². The number of nitrogens with two attached hydrogens (primary N) is 1. The number of rotatable bonds is 8. The summed E-state index contributed by atoms with van der Waals surface area (Å²) in [4.78, 5) is 4.07. The maximum absolute atomic E-state index is 5.55. The maximum atomic E-state index is 5.55. The molecule has 0 fully saturated rings. The summed E-state index contributed by atoms with van der Waals surface area (Å²) < 4.78 is 10.5. The lowest BCUT2D eigenvalue weighted by molar-refractivity contribution is 0.121. The smallest absolute Gasteiger partial charge is 0.158 e. The van der Waals surface area contributed by atoms with Gasteiger partial charge >= 0.3 is 0 Å². The van der Waals surface area contributed by atoms with Crippen LogP contribution in [0.1, 0.15) is 19.3 Å². The minimum atomic E-state index is 0.657. The van der Waals surface area contributed by atoms with E-state index in [-0.39, 0.29) is 0 Å². The van der Waals surface area contributed by atoms with Gasteiger partial charge in [0.25, 0.3) is 0 Å². The molecule has 1 rings (SSSR count). The number of hydrogen-bond donors (Lipinski definition) is 1. The van der Waals surface area contributed by atoms with E-state index in [1.807, 2.05) is 6.20 Å². The molecule has 1 heterocycles. The average molecular weight is 244 g/mol. The fourth-order valence-electron chi connectivity index (χ4n) is 1.29. The van der Waals surface area contributed by atoms with Gasteiger partial charge in [-0.2, -0.15) is 0 Å². The van der Waals surface area contributed by atoms with Crippen molar-refractivity contribution in [2.24, 2.45) is 10.7 Å². The van der Waals surface area contributed by atoms with Crippen molar-refractivity contribution in [1.82, 2.24) is 0 Å². The van der Waals surface area contributed by atoms with Crippen molar-refractivity contribution < 1.29 is 9.47 Å². The minimum absolute atomic E-state index is 0.657. The van der Waals surface area contributed by atoms with Gasteiger partial charge in [-0.15, -0.1) is 0 Å². The molecule has 16 heavy (non-hydrogen) atoms. The zero-order valence-electron chi connectivity index (χ0n) is 9.78. The van der Waals surface area contributed by atoms with Crippen LogP contribution in [0.15, 0.2) is 16.8 Å². The number of amidine groups is 1. The Bertz CT molecular complexity index is 254. The van der Waals surface area contributed by atoms with Crippen molar-refractivity contribution in [1.29, 1.82) is 0 Å². The van der Waals surface area contributed by atoms with Gasteiger partial charge in [0.05, 0.1) is 6.61 Å². The SMILES string of the molecule is COCCCCOCCC1=CN=C(N)SC1. The number of thioether (sulfide) groups is 1. The van der Waals surface area contributed by atoms with E-state index in [1.54, 1.807) is 18.9 Å². The van der Waals surface area contributed by atoms with Crippen molar-refractivity contribution in [3.8, 4) is 0 Å². The van der Waals surface area contributed by atoms with E-state index in [9.17, 15) is 0 Å². The maximum Gasteiger partial charge on any atom is 0.158 e. The highest BCUT2D eigenvalue weighted by molar-refractivity contribution is 8.14. The summed E-state index contributed by atoms with van der Waals surface area (Å²) in [5, 5.41) is 0.657. The van der Waals surface area contributed by atoms with Crippen LogP contribution in [-0.4, -0.2) is 37.9 Å². The zero-order valence-corrected chi connectivity index (χ0v) is 10.6. The Kier molecular flexibility index (Phi) is 7.29. The molecule has 5 heteroatoms. The molecule has 0 unspecified atom stereocenters. The van der Waals surface area contributed by atoms with E-state index in [4.69, 9.17) is 15.2 Å². The van der Waals surface area contributed by atoms with Gasteiger partial charge in [-0.05, 0) is 24.8 Å². The number of ether oxygens (including phenoxy) is 2. The molecule has 0 aromatic carbocycles. The molecule has 2 N–H and O–H groups in total. The molecule has 0 aromatic rings. The van der Waals surface area contributed by atoms with E-state index in [1.165, 1.54) is 5.57 Å². The topological polar surface area (TPSA) is 56.8 Å². The number of nitrogens with zero attached hydrogens (tertiary/aromatic N) is 1. The first-order valence-corrected chi connectivity index (χ1v) is 6.52. The molecule has 92 valence electrons. The van der Waals surface area contributed by atoms with Crippen LogP contribution in [0.5, 0.6) is 0 Å². The second kappa shape index (κ2) is 8.61. The molecular formula is C11H20N2O2S. The van der Waals surface area contributed by atoms with Gasteiger partial charge in [0, 0.05) is 32.3 Å². The normalized spacial score (nSPS) is 15.8. The third-order valence-corrected chi connectivity index (χ3v) is 3.15. The van der Waals surface area contributed by atoms with Gasteiger partial charge in [0.1, 0.15) is 0 Å². The number of unbranched alkanes of at least 4 members (excludes halogenated alkanes) is 1. The lowest BCUT2D eigenvalue weighted by Gasteiger charge is -2.10. The Morgan fingerprint density at radius 1 is 1.38 bits per heavy atom. The highest BCUT2D eigenvalue weighted by Crippen LogP contribution is 2.16. The molecule has 0 saturated carbocycles. The molecule has 0 atom stereocenters. The van der Waals surface area contributed by atoms with Crippen molar-refractivity contribution in [3.63, 3.8) is 0 Å². The highest BCUT2D eigenvalue weighted by Gasteiger charge is 2.05. The molecule has 0 bridgehead atoms. The Morgan fingerprint density at radius 3 is 2.88 bits per heavy atom. The Labute approximate surface area is 101 Å². The van der Waals surface area contributed by atoms with Crippen LogP contribution < -0.4 is 5.73 Å². The van der Waals surface area contributed by atoms with Crippen LogP contribution in [-0.2, 0) is 9.47 Å². The highest BCUT2D eigenvalue weighted by atomic mass is 32.2. The first-order valence-electron chi connectivity index (χ1n) is 5.53. The number of aliphatic imine (C=N–C) groups is 1. The third kappa shape index (κ3) is 6.15. The number of hydrogen-bond acceptors (Lipinski definition) is 5.